The maximum Gasteiger partial charge on any atom is 0.179 e. The van der Waals surface area contributed by atoms with Crippen LogP contribution in [0.15, 0.2) is 36.4 Å². The highest BCUT2D eigenvalue weighted by molar-refractivity contribution is 6.74. The molecule has 168 valence electrons. The predicted molar refractivity (Wildman–Crippen MR) is 126 cm³/mol. The van der Waals surface area contributed by atoms with Gasteiger partial charge in [-0.15, -0.1) is 10.2 Å². The van der Waals surface area contributed by atoms with Gasteiger partial charge in [0.05, 0.1) is 31.4 Å². The second kappa shape index (κ2) is 8.17. The lowest BCUT2D eigenvalue weighted by molar-refractivity contribution is 0.216. The normalized spacial score (nSPS) is 17.4. The summed E-state index contributed by atoms with van der Waals surface area (Å²) in [6.07, 6.45) is 1.10. The summed E-state index contributed by atoms with van der Waals surface area (Å²) >= 11 is 0. The van der Waals surface area contributed by atoms with E-state index in [0.717, 1.165) is 53.1 Å². The van der Waals surface area contributed by atoms with E-state index in [1.54, 1.807) is 7.11 Å². The van der Waals surface area contributed by atoms with Crippen molar-refractivity contribution in [3.05, 3.63) is 36.4 Å². The molecule has 1 aliphatic rings. The topological polar surface area (TPSA) is 83.1 Å². The highest BCUT2D eigenvalue weighted by Gasteiger charge is 2.25. The number of hydrogen-bond donors (Lipinski definition) is 0. The van der Waals surface area contributed by atoms with Crippen molar-refractivity contribution < 1.29 is 9.47 Å². The van der Waals surface area contributed by atoms with Crippen LogP contribution in [0.3, 0.4) is 0 Å². The molecule has 2 aromatic heterocycles. The molecule has 0 amide bonds. The van der Waals surface area contributed by atoms with Crippen LogP contribution in [-0.4, -0.2) is 69.6 Å². The van der Waals surface area contributed by atoms with Gasteiger partial charge < -0.3 is 9.47 Å². The average molecular weight is 452 g/mol. The van der Waals surface area contributed by atoms with Crippen molar-refractivity contribution in [1.29, 1.82) is 0 Å². The first kappa shape index (κ1) is 20.9. The SMILES string of the molecule is COc1ccc2nnn(CN3CCC(COc4ccc5nnn([Si](C)(C)C)c5c4)C3)c2c1. The van der Waals surface area contributed by atoms with Gasteiger partial charge in [-0.3, -0.25) is 9.25 Å². The molecule has 32 heavy (non-hydrogen) atoms. The van der Waals surface area contributed by atoms with Crippen LogP contribution in [0.2, 0.25) is 19.6 Å². The molecule has 0 saturated carbocycles. The Bertz CT molecular complexity index is 1250. The summed E-state index contributed by atoms with van der Waals surface area (Å²) in [7, 11) is 0.0504. The molecule has 0 radical (unpaired) electrons. The lowest BCUT2D eigenvalue weighted by Gasteiger charge is -2.18. The summed E-state index contributed by atoms with van der Waals surface area (Å²) < 4.78 is 15.6. The highest BCUT2D eigenvalue weighted by atomic mass is 28.3. The summed E-state index contributed by atoms with van der Waals surface area (Å²) in [5.74, 6) is 2.18. The van der Waals surface area contributed by atoms with E-state index in [9.17, 15) is 0 Å². The molecule has 1 unspecified atom stereocenters. The molecule has 0 N–H and O–H groups in total. The molecule has 5 rings (SSSR count). The Balaban J connectivity index is 1.22. The molecule has 1 aliphatic heterocycles. The number of rotatable bonds is 7. The number of ether oxygens (including phenoxy) is 2. The first-order valence-corrected chi connectivity index (χ1v) is 14.4. The van der Waals surface area contributed by atoms with Gasteiger partial charge in [-0.05, 0) is 50.3 Å². The summed E-state index contributed by atoms with van der Waals surface area (Å²) in [6.45, 7) is 10.2. The Hall–Kier alpha value is -2.98. The van der Waals surface area contributed by atoms with Crippen LogP contribution in [0.5, 0.6) is 11.5 Å². The summed E-state index contributed by atoms with van der Waals surface area (Å²) in [5.41, 5.74) is 3.85. The maximum absolute atomic E-state index is 6.19. The number of nitrogens with zero attached hydrogens (tertiary/aromatic N) is 7. The number of benzene rings is 2. The van der Waals surface area contributed by atoms with Crippen molar-refractivity contribution in [3.8, 4) is 11.5 Å². The standard InChI is InChI=1S/C22H29N7O2Si/c1-30-17-5-7-19-21(11-17)28(25-23-19)15-27-10-9-16(13-27)14-31-18-6-8-20-22(12-18)29(26-24-20)32(2,3)4/h5-8,11-12,16H,9-10,13-15H2,1-4H3. The van der Waals surface area contributed by atoms with Crippen molar-refractivity contribution in [3.63, 3.8) is 0 Å². The summed E-state index contributed by atoms with van der Waals surface area (Å²) in [6, 6.07) is 11.9. The highest BCUT2D eigenvalue weighted by Crippen LogP contribution is 2.25. The van der Waals surface area contributed by atoms with Gasteiger partial charge >= 0.3 is 0 Å². The van der Waals surface area contributed by atoms with E-state index in [0.29, 0.717) is 19.2 Å². The Labute approximate surface area is 188 Å². The van der Waals surface area contributed by atoms with Gasteiger partial charge in [0.1, 0.15) is 22.5 Å². The fourth-order valence-corrected chi connectivity index (χ4v) is 5.46. The third kappa shape index (κ3) is 4.07. The van der Waals surface area contributed by atoms with Crippen LogP contribution in [0.4, 0.5) is 0 Å². The smallest absolute Gasteiger partial charge is 0.179 e. The largest absolute Gasteiger partial charge is 0.497 e. The molecule has 1 saturated heterocycles. The number of fused-ring (bicyclic) bond motifs is 2. The summed E-state index contributed by atoms with van der Waals surface area (Å²) in [5, 5.41) is 17.3. The quantitative estimate of drug-likeness (QED) is 0.399. The lowest BCUT2D eigenvalue weighted by Crippen LogP contribution is -2.33. The van der Waals surface area contributed by atoms with E-state index in [1.807, 2.05) is 35.0 Å². The van der Waals surface area contributed by atoms with Crippen LogP contribution in [0.1, 0.15) is 6.42 Å². The van der Waals surface area contributed by atoms with E-state index in [2.05, 4.69) is 55.6 Å². The molecule has 1 fully saturated rings. The fourth-order valence-electron chi connectivity index (χ4n) is 4.24. The first-order valence-electron chi connectivity index (χ1n) is 11.0. The van der Waals surface area contributed by atoms with Gasteiger partial charge in [0.15, 0.2) is 8.24 Å². The zero-order valence-electron chi connectivity index (χ0n) is 19.0. The molecule has 9 nitrogen and oxygen atoms in total. The van der Waals surface area contributed by atoms with Crippen molar-refractivity contribution in [2.75, 3.05) is 26.8 Å². The van der Waals surface area contributed by atoms with Crippen LogP contribution >= 0.6 is 0 Å². The van der Waals surface area contributed by atoms with Crippen LogP contribution in [-0.2, 0) is 6.67 Å². The molecule has 0 aliphatic carbocycles. The Kier molecular flexibility index (Phi) is 5.34. The van der Waals surface area contributed by atoms with Crippen LogP contribution in [0, 0.1) is 5.92 Å². The van der Waals surface area contributed by atoms with Gasteiger partial charge in [0.25, 0.3) is 0 Å². The Morgan fingerprint density at radius 1 is 0.969 bits per heavy atom. The third-order valence-corrected chi connectivity index (χ3v) is 7.56. The second-order valence-electron chi connectivity index (χ2n) is 9.45. The molecule has 0 spiro atoms. The van der Waals surface area contributed by atoms with Crippen molar-refractivity contribution in [1.82, 2.24) is 34.6 Å². The Morgan fingerprint density at radius 2 is 1.69 bits per heavy atom. The maximum atomic E-state index is 6.19. The first-order chi connectivity index (χ1) is 15.4. The predicted octanol–water partition coefficient (Wildman–Crippen LogP) is 3.23. The van der Waals surface area contributed by atoms with E-state index < -0.39 is 8.24 Å². The van der Waals surface area contributed by atoms with Gasteiger partial charge in [-0.2, -0.15) is 0 Å². The molecular formula is C22H29N7O2Si. The average Bonchev–Trinajstić information content (AvgIpc) is 3.50. The van der Waals surface area contributed by atoms with E-state index in [4.69, 9.17) is 9.47 Å². The Morgan fingerprint density at radius 3 is 2.47 bits per heavy atom. The van der Waals surface area contributed by atoms with Gasteiger partial charge in [0, 0.05) is 31.1 Å². The third-order valence-electron chi connectivity index (χ3n) is 5.96. The molecule has 0 bridgehead atoms. The van der Waals surface area contributed by atoms with Gasteiger partial charge in [-0.25, -0.2) is 4.68 Å². The van der Waals surface area contributed by atoms with Gasteiger partial charge in [0.2, 0.25) is 0 Å². The summed E-state index contributed by atoms with van der Waals surface area (Å²) in [4.78, 5) is 2.40. The molecule has 4 aromatic rings. The fraction of sp³-hybridized carbons (Fsp3) is 0.455. The van der Waals surface area contributed by atoms with Gasteiger partial charge in [-0.1, -0.05) is 10.4 Å². The zero-order valence-corrected chi connectivity index (χ0v) is 20.0. The monoisotopic (exact) mass is 451 g/mol. The number of aromatic nitrogens is 6. The van der Waals surface area contributed by atoms with E-state index >= 15 is 0 Å². The molecular weight excluding hydrogens is 422 g/mol. The lowest BCUT2D eigenvalue weighted by atomic mass is 10.1. The second-order valence-corrected chi connectivity index (χ2v) is 14.2. The zero-order chi connectivity index (χ0) is 22.3. The minimum absolute atomic E-state index is 0.482. The van der Waals surface area contributed by atoms with Crippen molar-refractivity contribution in [2.45, 2.75) is 32.7 Å². The van der Waals surface area contributed by atoms with Crippen LogP contribution in [0.25, 0.3) is 22.1 Å². The van der Waals surface area contributed by atoms with Crippen molar-refractivity contribution >= 4 is 30.3 Å². The minimum atomic E-state index is -1.62. The van der Waals surface area contributed by atoms with E-state index in [-0.39, 0.29) is 0 Å². The number of methoxy groups -OCH3 is 1. The van der Waals surface area contributed by atoms with E-state index in [1.165, 1.54) is 0 Å². The number of hydrogen-bond acceptors (Lipinski definition) is 7. The molecule has 2 aromatic carbocycles. The minimum Gasteiger partial charge on any atom is -0.497 e. The molecule has 1 atom stereocenters. The molecule has 10 heteroatoms. The van der Waals surface area contributed by atoms with Crippen molar-refractivity contribution in [2.24, 2.45) is 5.92 Å². The number of likely N-dealkylation sites (tertiary alicyclic amines) is 1. The molecule has 3 heterocycles. The van der Waals surface area contributed by atoms with Crippen LogP contribution < -0.4 is 9.47 Å².